The molecule has 1 fully saturated rings. The van der Waals surface area contributed by atoms with E-state index in [4.69, 9.17) is 4.74 Å². The van der Waals surface area contributed by atoms with Gasteiger partial charge in [0.1, 0.15) is 0 Å². The number of rotatable bonds is 8. The summed E-state index contributed by atoms with van der Waals surface area (Å²) in [5, 5.41) is 0. The lowest BCUT2D eigenvalue weighted by atomic mass is 9.81. The average Bonchev–Trinajstić information content (AvgIpc) is 2.42. The smallest absolute Gasteiger partial charge is 0.204 e. The van der Waals surface area contributed by atoms with E-state index in [0.717, 1.165) is 44.9 Å². The van der Waals surface area contributed by atoms with Crippen molar-refractivity contribution in [2.75, 3.05) is 6.61 Å². The molecule has 18 heavy (non-hydrogen) atoms. The summed E-state index contributed by atoms with van der Waals surface area (Å²) in [6, 6.07) is 0. The van der Waals surface area contributed by atoms with Crippen LogP contribution in [-0.4, -0.2) is 24.3 Å². The molecule has 0 aliphatic heterocycles. The third kappa shape index (κ3) is 4.52. The Morgan fingerprint density at radius 3 is 2.50 bits per heavy atom. The zero-order valence-corrected chi connectivity index (χ0v) is 11.7. The van der Waals surface area contributed by atoms with Crippen molar-refractivity contribution in [1.82, 2.24) is 0 Å². The van der Waals surface area contributed by atoms with Crippen molar-refractivity contribution in [3.63, 3.8) is 0 Å². The second-order valence-corrected chi connectivity index (χ2v) is 5.19. The van der Waals surface area contributed by atoms with Crippen LogP contribution in [0.4, 0.5) is 0 Å². The summed E-state index contributed by atoms with van der Waals surface area (Å²) < 4.78 is 5.75. The first-order chi connectivity index (χ1) is 8.70. The van der Waals surface area contributed by atoms with E-state index in [-0.39, 0.29) is 23.6 Å². The second-order valence-electron chi connectivity index (χ2n) is 5.19. The van der Waals surface area contributed by atoms with Crippen LogP contribution in [0.2, 0.25) is 0 Å². The van der Waals surface area contributed by atoms with Crippen LogP contribution in [0.1, 0.15) is 65.2 Å². The zero-order valence-electron chi connectivity index (χ0n) is 11.7. The lowest BCUT2D eigenvalue weighted by Crippen LogP contribution is -2.37. The molecule has 0 aromatic rings. The molecule has 0 spiro atoms. The van der Waals surface area contributed by atoms with Crippen molar-refractivity contribution in [1.29, 1.82) is 0 Å². The van der Waals surface area contributed by atoms with Gasteiger partial charge in [0.2, 0.25) is 5.78 Å². The molecular formula is C15H26O3. The van der Waals surface area contributed by atoms with Crippen molar-refractivity contribution in [2.45, 2.75) is 71.3 Å². The molecule has 1 rings (SSSR count). The molecule has 0 bridgehead atoms. The highest BCUT2D eigenvalue weighted by molar-refractivity contribution is 6.38. The lowest BCUT2D eigenvalue weighted by molar-refractivity contribution is -0.143. The molecule has 0 radical (unpaired) electrons. The number of ether oxygens (including phenoxy) is 1. The minimum Gasteiger partial charge on any atom is -0.377 e. The van der Waals surface area contributed by atoms with Gasteiger partial charge < -0.3 is 4.74 Å². The Labute approximate surface area is 110 Å². The van der Waals surface area contributed by atoms with Gasteiger partial charge in [-0.3, -0.25) is 9.59 Å². The Hall–Kier alpha value is -0.700. The molecule has 2 atom stereocenters. The maximum absolute atomic E-state index is 12.1. The van der Waals surface area contributed by atoms with Crippen LogP contribution in [0.5, 0.6) is 0 Å². The summed E-state index contributed by atoms with van der Waals surface area (Å²) in [7, 11) is 0. The van der Waals surface area contributed by atoms with E-state index in [1.807, 2.05) is 6.92 Å². The average molecular weight is 254 g/mol. The van der Waals surface area contributed by atoms with Crippen LogP contribution in [-0.2, 0) is 14.3 Å². The van der Waals surface area contributed by atoms with E-state index in [0.29, 0.717) is 13.0 Å². The topological polar surface area (TPSA) is 43.4 Å². The zero-order chi connectivity index (χ0) is 13.4. The molecule has 1 aliphatic rings. The van der Waals surface area contributed by atoms with Crippen molar-refractivity contribution in [2.24, 2.45) is 5.92 Å². The summed E-state index contributed by atoms with van der Waals surface area (Å²) in [4.78, 5) is 24.0. The summed E-state index contributed by atoms with van der Waals surface area (Å²) in [6.07, 6.45) is 7.04. The molecular weight excluding hydrogens is 228 g/mol. The fourth-order valence-electron chi connectivity index (χ4n) is 2.53. The largest absolute Gasteiger partial charge is 0.377 e. The third-order valence-corrected chi connectivity index (χ3v) is 3.61. The summed E-state index contributed by atoms with van der Waals surface area (Å²) in [6.45, 7) is 4.79. The number of Topliss-reactive ketones (excluding diaryl/α,β-unsaturated/α-hetero) is 2. The second kappa shape index (κ2) is 8.41. The number of hydrogen-bond donors (Lipinski definition) is 0. The molecule has 0 aromatic heterocycles. The molecule has 0 aromatic carbocycles. The Bertz CT molecular complexity index is 273. The molecule has 3 nitrogen and oxygen atoms in total. The SMILES string of the molecule is CCCCC(=O)C(=O)[C@H]1CCCC[C@@H]1OCCC. The minimum absolute atomic E-state index is 0.0169. The fourth-order valence-corrected chi connectivity index (χ4v) is 2.53. The van der Waals surface area contributed by atoms with Gasteiger partial charge in [-0.15, -0.1) is 0 Å². The molecule has 1 saturated carbocycles. The van der Waals surface area contributed by atoms with E-state index < -0.39 is 0 Å². The van der Waals surface area contributed by atoms with Gasteiger partial charge in [0.25, 0.3) is 0 Å². The van der Waals surface area contributed by atoms with Gasteiger partial charge in [-0.25, -0.2) is 0 Å². The Morgan fingerprint density at radius 1 is 1.11 bits per heavy atom. The van der Waals surface area contributed by atoms with Gasteiger partial charge in [-0.05, 0) is 25.7 Å². The van der Waals surface area contributed by atoms with E-state index in [1.54, 1.807) is 0 Å². The van der Waals surface area contributed by atoms with Gasteiger partial charge >= 0.3 is 0 Å². The fraction of sp³-hybridized carbons (Fsp3) is 0.867. The Kier molecular flexibility index (Phi) is 7.18. The van der Waals surface area contributed by atoms with Gasteiger partial charge in [0.05, 0.1) is 12.0 Å². The first-order valence-corrected chi connectivity index (χ1v) is 7.39. The Balaban J connectivity index is 2.53. The van der Waals surface area contributed by atoms with Crippen molar-refractivity contribution in [3.8, 4) is 0 Å². The number of unbranched alkanes of at least 4 members (excludes halogenated alkanes) is 1. The van der Waals surface area contributed by atoms with Crippen LogP contribution in [0, 0.1) is 5.92 Å². The summed E-state index contributed by atoms with van der Waals surface area (Å²) in [5.74, 6) is -0.534. The predicted octanol–water partition coefficient (Wildman–Crippen LogP) is 3.30. The van der Waals surface area contributed by atoms with Crippen molar-refractivity contribution < 1.29 is 14.3 Å². The number of hydrogen-bond acceptors (Lipinski definition) is 3. The van der Waals surface area contributed by atoms with E-state index in [1.165, 1.54) is 0 Å². The highest BCUT2D eigenvalue weighted by Gasteiger charge is 2.34. The molecule has 3 heteroatoms. The molecule has 104 valence electrons. The highest BCUT2D eigenvalue weighted by Crippen LogP contribution is 2.28. The molecule has 0 amide bonds. The molecule has 0 N–H and O–H groups in total. The lowest BCUT2D eigenvalue weighted by Gasteiger charge is -2.30. The normalized spacial score (nSPS) is 23.9. The van der Waals surface area contributed by atoms with Crippen LogP contribution in [0.15, 0.2) is 0 Å². The monoisotopic (exact) mass is 254 g/mol. The van der Waals surface area contributed by atoms with E-state index in [2.05, 4.69) is 6.92 Å². The Morgan fingerprint density at radius 2 is 1.83 bits per heavy atom. The van der Waals surface area contributed by atoms with Gasteiger partial charge in [-0.1, -0.05) is 33.1 Å². The van der Waals surface area contributed by atoms with Crippen LogP contribution in [0.25, 0.3) is 0 Å². The quantitative estimate of drug-likeness (QED) is 0.624. The number of ketones is 2. The summed E-state index contributed by atoms with van der Waals surface area (Å²) >= 11 is 0. The molecule has 0 saturated heterocycles. The molecule has 0 heterocycles. The molecule has 0 unspecified atom stereocenters. The van der Waals surface area contributed by atoms with Crippen LogP contribution in [0.3, 0.4) is 0 Å². The minimum atomic E-state index is -0.186. The first-order valence-electron chi connectivity index (χ1n) is 7.39. The van der Waals surface area contributed by atoms with E-state index >= 15 is 0 Å². The first kappa shape index (κ1) is 15.4. The summed E-state index contributed by atoms with van der Waals surface area (Å²) in [5.41, 5.74) is 0. The van der Waals surface area contributed by atoms with E-state index in [9.17, 15) is 9.59 Å². The molecule has 1 aliphatic carbocycles. The number of carbonyl (C=O) groups excluding carboxylic acids is 2. The van der Waals surface area contributed by atoms with Crippen molar-refractivity contribution >= 4 is 11.6 Å². The van der Waals surface area contributed by atoms with Gasteiger partial charge in [0.15, 0.2) is 5.78 Å². The number of carbonyl (C=O) groups is 2. The third-order valence-electron chi connectivity index (χ3n) is 3.61. The maximum Gasteiger partial charge on any atom is 0.204 e. The van der Waals surface area contributed by atoms with Gasteiger partial charge in [0, 0.05) is 13.0 Å². The maximum atomic E-state index is 12.1. The highest BCUT2D eigenvalue weighted by atomic mass is 16.5. The van der Waals surface area contributed by atoms with Crippen LogP contribution >= 0.6 is 0 Å². The van der Waals surface area contributed by atoms with Crippen LogP contribution < -0.4 is 0 Å². The van der Waals surface area contributed by atoms with Gasteiger partial charge in [-0.2, -0.15) is 0 Å². The standard InChI is InChI=1S/C15H26O3/c1-3-5-9-13(16)15(17)12-8-6-7-10-14(12)18-11-4-2/h12,14H,3-11H2,1-2H3/t12-,14-/m0/s1. The predicted molar refractivity (Wildman–Crippen MR) is 71.5 cm³/mol. The van der Waals surface area contributed by atoms with Crippen molar-refractivity contribution in [3.05, 3.63) is 0 Å².